The second-order valence-electron chi connectivity index (χ2n) is 9.63. The number of fused-ring (bicyclic) bond motifs is 5. The summed E-state index contributed by atoms with van der Waals surface area (Å²) in [5, 5.41) is 11.3. The largest absolute Gasteiger partial charge is 0.377 e. The first kappa shape index (κ1) is 16.0. The van der Waals surface area contributed by atoms with Crippen molar-refractivity contribution in [3.8, 4) is 11.8 Å². The summed E-state index contributed by atoms with van der Waals surface area (Å²) >= 11 is 0. The Morgan fingerprint density at radius 1 is 0.870 bits per heavy atom. The predicted octanol–water partition coefficient (Wildman–Crippen LogP) is 5.17. The van der Waals surface area contributed by atoms with E-state index in [0.29, 0.717) is 11.3 Å². The summed E-state index contributed by atoms with van der Waals surface area (Å²) in [5.41, 5.74) is -0.0869. The lowest BCUT2D eigenvalue weighted by molar-refractivity contribution is -0.134. The van der Waals surface area contributed by atoms with Gasteiger partial charge in [-0.05, 0) is 87.4 Å². The van der Waals surface area contributed by atoms with E-state index in [1.165, 1.54) is 57.8 Å². The van der Waals surface area contributed by atoms with Crippen molar-refractivity contribution in [1.29, 1.82) is 0 Å². The number of hydrogen-bond donors (Lipinski definition) is 1. The number of hydrogen-bond acceptors (Lipinski definition) is 1. The zero-order valence-electron chi connectivity index (χ0n) is 15.3. The molecule has 0 aromatic rings. The SMILES string of the molecule is CC#C[C@]1(O)CCC2C3CC[C@H]4CCCC[C@]4(C)C3CC[C@@]21C. The van der Waals surface area contributed by atoms with E-state index in [4.69, 9.17) is 0 Å². The van der Waals surface area contributed by atoms with Crippen molar-refractivity contribution in [2.45, 2.75) is 90.6 Å². The van der Waals surface area contributed by atoms with E-state index in [9.17, 15) is 5.11 Å². The van der Waals surface area contributed by atoms with Crippen LogP contribution in [0.3, 0.4) is 0 Å². The molecule has 7 atom stereocenters. The lowest BCUT2D eigenvalue weighted by Crippen LogP contribution is -2.55. The molecule has 0 amide bonds. The highest BCUT2D eigenvalue weighted by atomic mass is 16.3. The van der Waals surface area contributed by atoms with Crippen molar-refractivity contribution in [2.24, 2.45) is 34.5 Å². The Kier molecular flexibility index (Phi) is 3.66. The molecule has 0 aromatic carbocycles. The standard InChI is InChI=1S/C22H34O/c1-4-12-22(23)15-11-19-17-9-8-16-7-5-6-13-20(16,2)18(17)10-14-21(19,22)3/h16-19,23H,5-11,13-15H2,1-3H3/t16-,17?,18?,19?,20+,21+,22+/m1/s1. The van der Waals surface area contributed by atoms with Crippen LogP contribution in [0.25, 0.3) is 0 Å². The average Bonchev–Trinajstić information content (AvgIpc) is 2.79. The van der Waals surface area contributed by atoms with E-state index in [2.05, 4.69) is 25.7 Å². The lowest BCUT2D eigenvalue weighted by atomic mass is 9.44. The van der Waals surface area contributed by atoms with Crippen molar-refractivity contribution in [3.63, 3.8) is 0 Å². The zero-order valence-corrected chi connectivity index (χ0v) is 15.3. The molecule has 1 heteroatoms. The maximum atomic E-state index is 11.3. The zero-order chi connectivity index (χ0) is 16.3. The van der Waals surface area contributed by atoms with E-state index < -0.39 is 5.60 Å². The van der Waals surface area contributed by atoms with Gasteiger partial charge in [-0.3, -0.25) is 0 Å². The quantitative estimate of drug-likeness (QED) is 0.611. The van der Waals surface area contributed by atoms with E-state index >= 15 is 0 Å². The van der Waals surface area contributed by atoms with Crippen molar-refractivity contribution < 1.29 is 5.11 Å². The summed E-state index contributed by atoms with van der Waals surface area (Å²) in [6.45, 7) is 6.87. The summed E-state index contributed by atoms with van der Waals surface area (Å²) in [6.07, 6.45) is 13.3. The first-order valence-corrected chi connectivity index (χ1v) is 10.1. The minimum Gasteiger partial charge on any atom is -0.377 e. The third-order valence-electron chi connectivity index (χ3n) is 9.07. The summed E-state index contributed by atoms with van der Waals surface area (Å²) in [4.78, 5) is 0. The molecule has 0 aliphatic heterocycles. The molecule has 0 aromatic heterocycles. The van der Waals surface area contributed by atoms with Crippen LogP contribution in [-0.2, 0) is 0 Å². The molecular weight excluding hydrogens is 280 g/mol. The Balaban J connectivity index is 1.66. The highest BCUT2D eigenvalue weighted by Crippen LogP contribution is 2.68. The summed E-state index contributed by atoms with van der Waals surface area (Å²) in [6, 6.07) is 0. The fourth-order valence-corrected chi connectivity index (χ4v) is 7.72. The first-order chi connectivity index (χ1) is 10.9. The van der Waals surface area contributed by atoms with Gasteiger partial charge in [0, 0.05) is 5.41 Å². The molecular formula is C22H34O. The monoisotopic (exact) mass is 314 g/mol. The molecule has 23 heavy (non-hydrogen) atoms. The molecule has 0 bridgehead atoms. The van der Waals surface area contributed by atoms with Crippen LogP contribution in [0.5, 0.6) is 0 Å². The van der Waals surface area contributed by atoms with Crippen molar-refractivity contribution in [2.75, 3.05) is 0 Å². The number of aliphatic hydroxyl groups is 1. The summed E-state index contributed by atoms with van der Waals surface area (Å²) < 4.78 is 0. The topological polar surface area (TPSA) is 20.2 Å². The van der Waals surface area contributed by atoms with Crippen molar-refractivity contribution in [1.82, 2.24) is 0 Å². The number of rotatable bonds is 0. The highest BCUT2D eigenvalue weighted by Gasteiger charge is 2.64. The van der Waals surface area contributed by atoms with Gasteiger partial charge < -0.3 is 5.11 Å². The minimum absolute atomic E-state index is 0.0367. The second kappa shape index (κ2) is 5.26. The van der Waals surface area contributed by atoms with Gasteiger partial charge in [0.1, 0.15) is 5.60 Å². The Morgan fingerprint density at radius 2 is 1.65 bits per heavy atom. The van der Waals surface area contributed by atoms with E-state index in [1.54, 1.807) is 0 Å². The van der Waals surface area contributed by atoms with Gasteiger partial charge >= 0.3 is 0 Å². The fraction of sp³-hybridized carbons (Fsp3) is 0.909. The van der Waals surface area contributed by atoms with Gasteiger partial charge in [-0.1, -0.05) is 32.6 Å². The second-order valence-corrected chi connectivity index (χ2v) is 9.63. The van der Waals surface area contributed by atoms with Crippen molar-refractivity contribution >= 4 is 0 Å². The highest BCUT2D eigenvalue weighted by molar-refractivity contribution is 5.25. The van der Waals surface area contributed by atoms with Crippen molar-refractivity contribution in [3.05, 3.63) is 0 Å². The first-order valence-electron chi connectivity index (χ1n) is 10.1. The molecule has 0 spiro atoms. The minimum atomic E-state index is -0.721. The lowest BCUT2D eigenvalue weighted by Gasteiger charge is -2.60. The average molecular weight is 315 g/mol. The van der Waals surface area contributed by atoms with Crippen LogP contribution in [0.15, 0.2) is 0 Å². The molecule has 0 radical (unpaired) electrons. The molecule has 3 unspecified atom stereocenters. The van der Waals surface area contributed by atoms with Crippen LogP contribution in [0, 0.1) is 46.3 Å². The molecule has 4 fully saturated rings. The Hall–Kier alpha value is -0.480. The van der Waals surface area contributed by atoms with E-state index in [0.717, 1.165) is 24.2 Å². The third-order valence-corrected chi connectivity index (χ3v) is 9.07. The van der Waals surface area contributed by atoms with Crippen LogP contribution < -0.4 is 0 Å². The van der Waals surface area contributed by atoms with Gasteiger partial charge in [0.15, 0.2) is 0 Å². The molecule has 4 aliphatic rings. The summed E-state index contributed by atoms with van der Waals surface area (Å²) in [5.74, 6) is 9.71. The smallest absolute Gasteiger partial charge is 0.131 e. The maximum absolute atomic E-state index is 11.3. The van der Waals surface area contributed by atoms with Gasteiger partial charge in [0.05, 0.1) is 0 Å². The van der Waals surface area contributed by atoms with E-state index in [-0.39, 0.29) is 5.41 Å². The van der Waals surface area contributed by atoms with Gasteiger partial charge in [-0.15, -0.1) is 5.92 Å². The maximum Gasteiger partial charge on any atom is 0.131 e. The van der Waals surface area contributed by atoms with Gasteiger partial charge in [0.2, 0.25) is 0 Å². The third kappa shape index (κ3) is 2.03. The van der Waals surface area contributed by atoms with E-state index in [1.807, 2.05) is 6.92 Å². The summed E-state index contributed by atoms with van der Waals surface area (Å²) in [7, 11) is 0. The molecule has 0 heterocycles. The molecule has 128 valence electrons. The molecule has 1 nitrogen and oxygen atoms in total. The molecule has 0 saturated heterocycles. The van der Waals surface area contributed by atoms with Gasteiger partial charge in [-0.25, -0.2) is 0 Å². The Labute approximate surface area is 142 Å². The Bertz CT molecular complexity index is 542. The molecule has 1 N–H and O–H groups in total. The van der Waals surface area contributed by atoms with Crippen LogP contribution >= 0.6 is 0 Å². The normalized spacial score (nSPS) is 55.1. The van der Waals surface area contributed by atoms with Crippen LogP contribution in [0.4, 0.5) is 0 Å². The molecule has 4 saturated carbocycles. The molecule has 4 rings (SSSR count). The molecule has 4 aliphatic carbocycles. The predicted molar refractivity (Wildman–Crippen MR) is 94.7 cm³/mol. The fourth-order valence-electron chi connectivity index (χ4n) is 7.72. The van der Waals surface area contributed by atoms with Gasteiger partial charge in [-0.2, -0.15) is 0 Å². The van der Waals surface area contributed by atoms with Gasteiger partial charge in [0.25, 0.3) is 0 Å². The Morgan fingerprint density at radius 3 is 2.43 bits per heavy atom. The van der Waals surface area contributed by atoms with Crippen LogP contribution in [0.2, 0.25) is 0 Å². The van der Waals surface area contributed by atoms with Crippen LogP contribution in [-0.4, -0.2) is 10.7 Å². The van der Waals surface area contributed by atoms with Crippen LogP contribution in [0.1, 0.15) is 85.0 Å².